The van der Waals surface area contributed by atoms with Crippen LogP contribution in [0.4, 0.5) is 0 Å². The third-order valence-corrected chi connectivity index (χ3v) is 3.82. The highest BCUT2D eigenvalue weighted by Crippen LogP contribution is 2.15. The van der Waals surface area contributed by atoms with Crippen molar-refractivity contribution in [3.05, 3.63) is 42.5 Å². The molecule has 2 aromatic rings. The van der Waals surface area contributed by atoms with Gasteiger partial charge in [-0.2, -0.15) is 0 Å². The first kappa shape index (κ1) is 14.2. The van der Waals surface area contributed by atoms with Crippen LogP contribution in [0, 0.1) is 0 Å². The van der Waals surface area contributed by atoms with Crippen LogP contribution in [0.1, 0.15) is 25.0 Å². The molecule has 0 aliphatic carbocycles. The van der Waals surface area contributed by atoms with E-state index in [0.717, 1.165) is 25.6 Å². The predicted octanol–water partition coefficient (Wildman–Crippen LogP) is 2.27. The molecular weight excluding hydrogens is 264 g/mol. The lowest BCUT2D eigenvalue weighted by Gasteiger charge is -2.27. The van der Waals surface area contributed by atoms with Gasteiger partial charge in [-0.3, -0.25) is 9.47 Å². The summed E-state index contributed by atoms with van der Waals surface area (Å²) in [5, 5.41) is 0. The van der Waals surface area contributed by atoms with Crippen molar-refractivity contribution in [2.75, 3.05) is 20.2 Å². The first-order valence-electron chi connectivity index (χ1n) is 7.57. The van der Waals surface area contributed by atoms with E-state index in [0.29, 0.717) is 6.10 Å². The predicted molar refractivity (Wildman–Crippen MR) is 81.3 cm³/mol. The Kier molecular flexibility index (Phi) is 4.62. The number of rotatable bonds is 5. The van der Waals surface area contributed by atoms with Crippen molar-refractivity contribution in [1.82, 2.24) is 19.4 Å². The standard InChI is InChI=1S/C16H22N4O/c1-19(13-15-7-2-3-11-21-15)12-14-6-4-10-20(14)16-17-8-5-9-18-16/h4-6,8-10,15H,2-3,7,11-13H2,1H3/t15-/m1/s1. The lowest BCUT2D eigenvalue weighted by atomic mass is 10.1. The molecule has 1 aliphatic heterocycles. The quantitative estimate of drug-likeness (QED) is 0.845. The van der Waals surface area contributed by atoms with Gasteiger partial charge >= 0.3 is 0 Å². The van der Waals surface area contributed by atoms with Crippen LogP contribution in [0.5, 0.6) is 0 Å². The van der Waals surface area contributed by atoms with Crippen LogP contribution in [0.2, 0.25) is 0 Å². The van der Waals surface area contributed by atoms with E-state index in [2.05, 4.69) is 28.0 Å². The Bertz CT molecular complexity index is 548. The molecule has 3 rings (SSSR count). The van der Waals surface area contributed by atoms with Crippen LogP contribution in [0.3, 0.4) is 0 Å². The van der Waals surface area contributed by atoms with Gasteiger partial charge in [0, 0.05) is 44.0 Å². The lowest BCUT2D eigenvalue weighted by Crippen LogP contribution is -2.33. The van der Waals surface area contributed by atoms with Crippen LogP contribution in [0.25, 0.3) is 5.95 Å². The minimum atomic E-state index is 0.375. The average Bonchev–Trinajstić information content (AvgIpc) is 2.97. The summed E-state index contributed by atoms with van der Waals surface area (Å²) in [5.41, 5.74) is 1.19. The molecule has 0 unspecified atom stereocenters. The molecule has 1 fully saturated rings. The summed E-state index contributed by atoms with van der Waals surface area (Å²) in [6, 6.07) is 5.99. The molecule has 1 saturated heterocycles. The number of ether oxygens (including phenoxy) is 1. The van der Waals surface area contributed by atoms with Gasteiger partial charge in [0.25, 0.3) is 0 Å². The van der Waals surface area contributed by atoms with E-state index < -0.39 is 0 Å². The maximum Gasteiger partial charge on any atom is 0.233 e. The van der Waals surface area contributed by atoms with Gasteiger partial charge in [-0.05, 0) is 44.5 Å². The first-order chi connectivity index (χ1) is 10.3. The van der Waals surface area contributed by atoms with Gasteiger partial charge in [0.05, 0.1) is 6.10 Å². The number of hydrogen-bond acceptors (Lipinski definition) is 4. The van der Waals surface area contributed by atoms with Crippen LogP contribution in [0.15, 0.2) is 36.8 Å². The molecule has 1 atom stereocenters. The zero-order valence-electron chi connectivity index (χ0n) is 12.5. The third kappa shape index (κ3) is 3.68. The Balaban J connectivity index is 1.64. The van der Waals surface area contributed by atoms with Crippen LogP contribution in [-0.4, -0.2) is 45.7 Å². The highest BCUT2D eigenvalue weighted by atomic mass is 16.5. The number of nitrogens with zero attached hydrogens (tertiary/aromatic N) is 4. The highest BCUT2D eigenvalue weighted by molar-refractivity contribution is 5.20. The van der Waals surface area contributed by atoms with Crippen molar-refractivity contribution in [2.45, 2.75) is 31.9 Å². The topological polar surface area (TPSA) is 43.2 Å². The summed E-state index contributed by atoms with van der Waals surface area (Å²) in [7, 11) is 2.14. The molecule has 3 heterocycles. The van der Waals surface area contributed by atoms with Crippen LogP contribution >= 0.6 is 0 Å². The molecule has 0 amide bonds. The number of aromatic nitrogens is 3. The van der Waals surface area contributed by atoms with Gasteiger partial charge < -0.3 is 4.74 Å². The molecule has 0 radical (unpaired) electrons. The number of likely N-dealkylation sites (N-methyl/N-ethyl adjacent to an activating group) is 1. The van der Waals surface area contributed by atoms with E-state index in [4.69, 9.17) is 4.74 Å². The molecule has 5 heteroatoms. The van der Waals surface area contributed by atoms with Gasteiger partial charge in [-0.15, -0.1) is 0 Å². The van der Waals surface area contributed by atoms with Crippen molar-refractivity contribution in [2.24, 2.45) is 0 Å². The second kappa shape index (κ2) is 6.83. The Labute approximate surface area is 125 Å². The zero-order valence-corrected chi connectivity index (χ0v) is 12.5. The molecule has 0 saturated carbocycles. The summed E-state index contributed by atoms with van der Waals surface area (Å²) in [5.74, 6) is 0.722. The fourth-order valence-corrected chi connectivity index (χ4v) is 2.80. The Morgan fingerprint density at radius 2 is 2.14 bits per heavy atom. The largest absolute Gasteiger partial charge is 0.377 e. The Hall–Kier alpha value is -1.72. The monoisotopic (exact) mass is 286 g/mol. The molecule has 0 aromatic carbocycles. The third-order valence-electron chi connectivity index (χ3n) is 3.82. The fourth-order valence-electron chi connectivity index (χ4n) is 2.80. The molecule has 0 N–H and O–H groups in total. The van der Waals surface area contributed by atoms with Crippen LogP contribution < -0.4 is 0 Å². The van der Waals surface area contributed by atoms with Crippen molar-refractivity contribution in [3.8, 4) is 5.95 Å². The van der Waals surface area contributed by atoms with E-state index >= 15 is 0 Å². The normalized spacial score (nSPS) is 19.0. The SMILES string of the molecule is CN(Cc1cccn1-c1ncccn1)C[C@H]1CCCCO1. The van der Waals surface area contributed by atoms with Crippen LogP contribution in [-0.2, 0) is 11.3 Å². The van der Waals surface area contributed by atoms with Gasteiger partial charge in [-0.1, -0.05) is 0 Å². The molecule has 0 spiro atoms. The van der Waals surface area contributed by atoms with E-state index in [1.807, 2.05) is 22.9 Å². The molecule has 1 aliphatic rings. The van der Waals surface area contributed by atoms with Crippen molar-refractivity contribution in [1.29, 1.82) is 0 Å². The Morgan fingerprint density at radius 3 is 2.90 bits per heavy atom. The molecular formula is C16H22N4O. The fraction of sp³-hybridized carbons (Fsp3) is 0.500. The number of hydrogen-bond donors (Lipinski definition) is 0. The first-order valence-corrected chi connectivity index (χ1v) is 7.57. The van der Waals surface area contributed by atoms with Crippen molar-refractivity contribution in [3.63, 3.8) is 0 Å². The van der Waals surface area contributed by atoms with E-state index in [1.165, 1.54) is 25.0 Å². The van der Waals surface area contributed by atoms with Crippen molar-refractivity contribution < 1.29 is 4.74 Å². The molecule has 112 valence electrons. The van der Waals surface area contributed by atoms with Crippen molar-refractivity contribution >= 4 is 0 Å². The summed E-state index contributed by atoms with van der Waals surface area (Å²) in [4.78, 5) is 10.9. The molecule has 2 aromatic heterocycles. The summed E-state index contributed by atoms with van der Waals surface area (Å²) in [6.45, 7) is 2.75. The maximum atomic E-state index is 5.81. The summed E-state index contributed by atoms with van der Waals surface area (Å²) in [6.07, 6.45) is 9.58. The molecule has 0 bridgehead atoms. The van der Waals surface area contributed by atoms with Gasteiger partial charge in [0.15, 0.2) is 0 Å². The second-order valence-corrected chi connectivity index (χ2v) is 5.60. The van der Waals surface area contributed by atoms with E-state index in [9.17, 15) is 0 Å². The molecule has 21 heavy (non-hydrogen) atoms. The lowest BCUT2D eigenvalue weighted by molar-refractivity contribution is -0.00280. The summed E-state index contributed by atoms with van der Waals surface area (Å²) >= 11 is 0. The average molecular weight is 286 g/mol. The second-order valence-electron chi connectivity index (χ2n) is 5.60. The van der Waals surface area contributed by atoms with Gasteiger partial charge in [0.2, 0.25) is 5.95 Å². The minimum Gasteiger partial charge on any atom is -0.377 e. The summed E-state index contributed by atoms with van der Waals surface area (Å²) < 4.78 is 7.85. The van der Waals surface area contributed by atoms with E-state index in [1.54, 1.807) is 12.4 Å². The highest BCUT2D eigenvalue weighted by Gasteiger charge is 2.17. The van der Waals surface area contributed by atoms with Gasteiger partial charge in [-0.25, -0.2) is 9.97 Å². The zero-order chi connectivity index (χ0) is 14.5. The maximum absolute atomic E-state index is 5.81. The minimum absolute atomic E-state index is 0.375. The Morgan fingerprint density at radius 1 is 1.29 bits per heavy atom. The smallest absolute Gasteiger partial charge is 0.233 e. The molecule has 5 nitrogen and oxygen atoms in total. The van der Waals surface area contributed by atoms with Gasteiger partial charge in [0.1, 0.15) is 0 Å². The van der Waals surface area contributed by atoms with E-state index in [-0.39, 0.29) is 0 Å².